The van der Waals surface area contributed by atoms with E-state index < -0.39 is 0 Å². The van der Waals surface area contributed by atoms with Crippen LogP contribution < -0.4 is 10.1 Å². The Morgan fingerprint density at radius 1 is 0.760 bits per heavy atom. The van der Waals surface area contributed by atoms with Crippen LogP contribution >= 0.6 is 0 Å². The van der Waals surface area contributed by atoms with E-state index in [-0.39, 0.29) is 18.4 Å². The summed E-state index contributed by atoms with van der Waals surface area (Å²) in [5.74, 6) is 0.684. The molecule has 3 aromatic rings. The van der Waals surface area contributed by atoms with E-state index in [1.54, 1.807) is 0 Å². The van der Waals surface area contributed by atoms with E-state index in [0.29, 0.717) is 12.3 Å². The summed E-state index contributed by atoms with van der Waals surface area (Å²) in [7, 11) is 0. The van der Waals surface area contributed by atoms with E-state index in [2.05, 4.69) is 29.6 Å². The molecule has 0 unspecified atom stereocenters. The van der Waals surface area contributed by atoms with Crippen molar-refractivity contribution in [2.75, 3.05) is 13.2 Å². The molecule has 0 saturated carbocycles. The molecule has 0 aliphatic carbocycles. The van der Waals surface area contributed by atoms with Crippen LogP contribution in [0.15, 0.2) is 91.0 Å². The Labute approximate surface area is 148 Å². The van der Waals surface area contributed by atoms with E-state index in [1.807, 2.05) is 66.7 Å². The molecule has 0 aliphatic heterocycles. The van der Waals surface area contributed by atoms with Crippen LogP contribution in [-0.2, 0) is 4.79 Å². The molecule has 3 heteroatoms. The normalized spacial score (nSPS) is 10.4. The van der Waals surface area contributed by atoms with Crippen molar-refractivity contribution in [2.45, 2.75) is 5.92 Å². The molecule has 1 N–H and O–H groups in total. The smallest absolute Gasteiger partial charge is 0.257 e. The molecule has 3 aromatic carbocycles. The first-order valence-electron chi connectivity index (χ1n) is 8.37. The summed E-state index contributed by atoms with van der Waals surface area (Å²) in [5, 5.41) is 2.99. The number of para-hydroxylation sites is 1. The first-order chi connectivity index (χ1) is 12.3. The Morgan fingerprint density at radius 3 is 1.76 bits per heavy atom. The molecule has 0 bridgehead atoms. The monoisotopic (exact) mass is 331 g/mol. The SMILES string of the molecule is O=C(COc1ccccc1)NCC(c1ccccc1)c1ccccc1. The fourth-order valence-corrected chi connectivity index (χ4v) is 2.73. The quantitative estimate of drug-likeness (QED) is 0.710. The number of carbonyl (C=O) groups is 1. The van der Waals surface area contributed by atoms with Crippen molar-refractivity contribution in [3.63, 3.8) is 0 Å². The predicted molar refractivity (Wildman–Crippen MR) is 99.7 cm³/mol. The predicted octanol–water partition coefficient (Wildman–Crippen LogP) is 4.01. The zero-order chi connectivity index (χ0) is 17.3. The van der Waals surface area contributed by atoms with Gasteiger partial charge in [0.2, 0.25) is 0 Å². The highest BCUT2D eigenvalue weighted by atomic mass is 16.5. The molecule has 126 valence electrons. The third-order valence-electron chi connectivity index (χ3n) is 4.02. The molecule has 0 heterocycles. The third kappa shape index (κ3) is 4.95. The van der Waals surface area contributed by atoms with Crippen LogP contribution in [0.25, 0.3) is 0 Å². The molecule has 0 spiro atoms. The zero-order valence-electron chi connectivity index (χ0n) is 14.0. The van der Waals surface area contributed by atoms with Crippen molar-refractivity contribution in [1.29, 1.82) is 0 Å². The van der Waals surface area contributed by atoms with Crippen LogP contribution in [0.2, 0.25) is 0 Å². The summed E-state index contributed by atoms with van der Waals surface area (Å²) in [6, 6.07) is 29.8. The lowest BCUT2D eigenvalue weighted by molar-refractivity contribution is -0.123. The van der Waals surface area contributed by atoms with Crippen LogP contribution in [-0.4, -0.2) is 19.1 Å². The Morgan fingerprint density at radius 2 is 1.24 bits per heavy atom. The molecule has 0 saturated heterocycles. The van der Waals surface area contributed by atoms with Gasteiger partial charge in [0.15, 0.2) is 6.61 Å². The molecule has 25 heavy (non-hydrogen) atoms. The van der Waals surface area contributed by atoms with Crippen molar-refractivity contribution >= 4 is 5.91 Å². The van der Waals surface area contributed by atoms with Crippen LogP contribution in [0, 0.1) is 0 Å². The van der Waals surface area contributed by atoms with Crippen molar-refractivity contribution < 1.29 is 9.53 Å². The summed E-state index contributed by atoms with van der Waals surface area (Å²) >= 11 is 0. The van der Waals surface area contributed by atoms with Gasteiger partial charge in [-0.25, -0.2) is 0 Å². The first-order valence-corrected chi connectivity index (χ1v) is 8.37. The number of benzene rings is 3. The van der Waals surface area contributed by atoms with Crippen molar-refractivity contribution in [2.24, 2.45) is 0 Å². The second-order valence-electron chi connectivity index (χ2n) is 5.78. The van der Waals surface area contributed by atoms with Crippen LogP contribution in [0.3, 0.4) is 0 Å². The number of hydrogen-bond acceptors (Lipinski definition) is 2. The number of carbonyl (C=O) groups excluding carboxylic acids is 1. The van der Waals surface area contributed by atoms with Gasteiger partial charge in [-0.2, -0.15) is 0 Å². The van der Waals surface area contributed by atoms with Gasteiger partial charge in [0.05, 0.1) is 0 Å². The van der Waals surface area contributed by atoms with Gasteiger partial charge in [0, 0.05) is 12.5 Å². The van der Waals surface area contributed by atoms with Gasteiger partial charge in [-0.1, -0.05) is 78.9 Å². The number of amides is 1. The maximum Gasteiger partial charge on any atom is 0.257 e. The Kier molecular flexibility index (Phi) is 5.83. The minimum absolute atomic E-state index is 0.0142. The fraction of sp³-hybridized carbons (Fsp3) is 0.136. The van der Waals surface area contributed by atoms with Crippen LogP contribution in [0.1, 0.15) is 17.0 Å². The molecule has 3 rings (SSSR count). The highest BCUT2D eigenvalue weighted by molar-refractivity contribution is 5.77. The maximum absolute atomic E-state index is 12.1. The van der Waals surface area contributed by atoms with Crippen molar-refractivity contribution in [3.8, 4) is 5.75 Å². The average Bonchev–Trinajstić information content (AvgIpc) is 2.69. The van der Waals surface area contributed by atoms with E-state index in [1.165, 1.54) is 11.1 Å². The van der Waals surface area contributed by atoms with Gasteiger partial charge in [0.25, 0.3) is 5.91 Å². The third-order valence-corrected chi connectivity index (χ3v) is 4.02. The fourth-order valence-electron chi connectivity index (χ4n) is 2.73. The summed E-state index contributed by atoms with van der Waals surface area (Å²) < 4.78 is 5.50. The summed E-state index contributed by atoms with van der Waals surface area (Å²) in [6.07, 6.45) is 0. The summed E-state index contributed by atoms with van der Waals surface area (Å²) in [5.41, 5.74) is 2.36. The van der Waals surface area contributed by atoms with Gasteiger partial charge in [-0.15, -0.1) is 0 Å². The standard InChI is InChI=1S/C22H21NO2/c24-22(17-25-20-14-8-3-9-15-20)23-16-21(18-10-4-1-5-11-18)19-12-6-2-7-13-19/h1-15,21H,16-17H2,(H,23,24). The number of nitrogens with one attached hydrogen (secondary N) is 1. The second-order valence-corrected chi connectivity index (χ2v) is 5.78. The highest BCUT2D eigenvalue weighted by Gasteiger charge is 2.15. The molecule has 0 atom stereocenters. The zero-order valence-corrected chi connectivity index (χ0v) is 14.0. The van der Waals surface area contributed by atoms with Crippen LogP contribution in [0.4, 0.5) is 0 Å². The van der Waals surface area contributed by atoms with Gasteiger partial charge in [-0.3, -0.25) is 4.79 Å². The molecule has 0 aliphatic rings. The lowest BCUT2D eigenvalue weighted by atomic mass is 9.91. The molecular formula is C22H21NO2. The minimum Gasteiger partial charge on any atom is -0.484 e. The van der Waals surface area contributed by atoms with Gasteiger partial charge >= 0.3 is 0 Å². The molecule has 3 nitrogen and oxygen atoms in total. The minimum atomic E-state index is -0.124. The average molecular weight is 331 g/mol. The van der Waals surface area contributed by atoms with Gasteiger partial charge in [-0.05, 0) is 23.3 Å². The number of ether oxygens (including phenoxy) is 1. The second kappa shape index (κ2) is 8.69. The van der Waals surface area contributed by atoms with Gasteiger partial charge < -0.3 is 10.1 Å². The highest BCUT2D eigenvalue weighted by Crippen LogP contribution is 2.23. The Hall–Kier alpha value is -3.07. The molecule has 0 fully saturated rings. The van der Waals surface area contributed by atoms with E-state index in [9.17, 15) is 4.79 Å². The maximum atomic E-state index is 12.1. The van der Waals surface area contributed by atoms with E-state index >= 15 is 0 Å². The molecule has 0 radical (unpaired) electrons. The van der Waals surface area contributed by atoms with E-state index in [0.717, 1.165) is 0 Å². The van der Waals surface area contributed by atoms with E-state index in [4.69, 9.17) is 4.74 Å². The number of hydrogen-bond donors (Lipinski definition) is 1. The van der Waals surface area contributed by atoms with Gasteiger partial charge in [0.1, 0.15) is 5.75 Å². The Balaban J connectivity index is 1.62. The lowest BCUT2D eigenvalue weighted by Crippen LogP contribution is -2.32. The largest absolute Gasteiger partial charge is 0.484 e. The van der Waals surface area contributed by atoms with Crippen molar-refractivity contribution in [1.82, 2.24) is 5.32 Å². The molecule has 0 aromatic heterocycles. The Bertz CT molecular complexity index is 733. The number of rotatable bonds is 7. The molecular weight excluding hydrogens is 310 g/mol. The van der Waals surface area contributed by atoms with Crippen LogP contribution in [0.5, 0.6) is 5.75 Å². The lowest BCUT2D eigenvalue weighted by Gasteiger charge is -2.19. The van der Waals surface area contributed by atoms with Crippen molar-refractivity contribution in [3.05, 3.63) is 102 Å². The topological polar surface area (TPSA) is 38.3 Å². The summed E-state index contributed by atoms with van der Waals surface area (Å²) in [4.78, 5) is 12.1. The summed E-state index contributed by atoms with van der Waals surface area (Å²) in [6.45, 7) is 0.547. The first kappa shape index (κ1) is 16.8. The molecule has 1 amide bonds.